The van der Waals surface area contributed by atoms with Crippen LogP contribution in [0.2, 0.25) is 0 Å². The lowest BCUT2D eigenvalue weighted by Crippen LogP contribution is -2.02. The van der Waals surface area contributed by atoms with Crippen LogP contribution in [0.4, 0.5) is 0 Å². The van der Waals surface area contributed by atoms with E-state index in [0.29, 0.717) is 17.5 Å². The van der Waals surface area contributed by atoms with Crippen LogP contribution < -0.4 is 0 Å². The van der Waals surface area contributed by atoms with Crippen LogP contribution in [0.15, 0.2) is 188 Å². The molecule has 1 aromatic heterocycles. The van der Waals surface area contributed by atoms with Crippen molar-refractivity contribution >= 4 is 53.9 Å². The van der Waals surface area contributed by atoms with Gasteiger partial charge in [0, 0.05) is 22.3 Å². The van der Waals surface area contributed by atoms with Gasteiger partial charge in [0.15, 0.2) is 17.5 Å². The van der Waals surface area contributed by atoms with E-state index in [4.69, 9.17) is 15.0 Å². The average molecular weight is 724 g/mol. The Morgan fingerprint density at radius 2 is 0.772 bits per heavy atom. The minimum absolute atomic E-state index is 0.647. The molecule has 0 bridgehead atoms. The van der Waals surface area contributed by atoms with E-state index in [-0.39, 0.29) is 0 Å². The topological polar surface area (TPSA) is 38.7 Å². The van der Waals surface area contributed by atoms with Crippen LogP contribution in [-0.2, 0) is 6.42 Å². The molecule has 264 valence electrons. The molecule has 1 aliphatic carbocycles. The van der Waals surface area contributed by atoms with Crippen LogP contribution in [0.5, 0.6) is 0 Å². The predicted octanol–water partition coefficient (Wildman–Crippen LogP) is 13.9. The van der Waals surface area contributed by atoms with E-state index >= 15 is 0 Å². The number of nitrogens with zero attached hydrogens (tertiary/aromatic N) is 3. The Hall–Kier alpha value is -7.49. The predicted molar refractivity (Wildman–Crippen MR) is 237 cm³/mol. The summed E-state index contributed by atoms with van der Waals surface area (Å²) < 4.78 is 0. The molecule has 0 atom stereocenters. The molecular weight excluding hydrogens is 691 g/mol. The third kappa shape index (κ3) is 5.10. The van der Waals surface area contributed by atoms with Gasteiger partial charge in [0.25, 0.3) is 0 Å². The first-order valence-electron chi connectivity index (χ1n) is 19.6. The summed E-state index contributed by atoms with van der Waals surface area (Å²) in [5.74, 6) is 1.95. The smallest absolute Gasteiger partial charge is 0.164 e. The SMILES string of the molecule is c1ccc2c(c1)Cc1c-2cccc1-c1c(-c2nc(-c3ccc4c(ccc5ccccc54)c3)nc(-c3ccc4c(ccc5ccccc54)c3)n2)ccc2ccccc12. The van der Waals surface area contributed by atoms with Crippen molar-refractivity contribution in [1.82, 2.24) is 15.0 Å². The number of benzene rings is 10. The van der Waals surface area contributed by atoms with E-state index in [0.717, 1.165) is 39.4 Å². The second-order valence-electron chi connectivity index (χ2n) is 15.1. The number of hydrogen-bond donors (Lipinski definition) is 0. The van der Waals surface area contributed by atoms with Gasteiger partial charge in [-0.25, -0.2) is 15.0 Å². The van der Waals surface area contributed by atoms with E-state index in [1.165, 1.54) is 70.9 Å². The second kappa shape index (κ2) is 12.5. The number of rotatable bonds is 4. The Kier molecular flexibility index (Phi) is 6.99. The zero-order chi connectivity index (χ0) is 37.5. The van der Waals surface area contributed by atoms with Gasteiger partial charge in [0.2, 0.25) is 0 Å². The third-order valence-corrected chi connectivity index (χ3v) is 11.9. The lowest BCUT2D eigenvalue weighted by Gasteiger charge is -2.17. The molecule has 1 heterocycles. The van der Waals surface area contributed by atoms with Crippen molar-refractivity contribution in [3.63, 3.8) is 0 Å². The molecule has 0 unspecified atom stereocenters. The highest BCUT2D eigenvalue weighted by Crippen LogP contribution is 2.46. The minimum atomic E-state index is 0.647. The van der Waals surface area contributed by atoms with Crippen molar-refractivity contribution in [1.29, 1.82) is 0 Å². The maximum absolute atomic E-state index is 5.38. The summed E-state index contributed by atoms with van der Waals surface area (Å²) in [6, 6.07) is 67.7. The van der Waals surface area contributed by atoms with Crippen LogP contribution in [-0.4, -0.2) is 15.0 Å². The summed E-state index contributed by atoms with van der Waals surface area (Å²) in [5, 5.41) is 12.0. The monoisotopic (exact) mass is 723 g/mol. The van der Waals surface area contributed by atoms with Gasteiger partial charge in [-0.1, -0.05) is 170 Å². The largest absolute Gasteiger partial charge is 0.208 e. The summed E-state index contributed by atoms with van der Waals surface area (Å²) >= 11 is 0. The zero-order valence-electron chi connectivity index (χ0n) is 30.9. The Morgan fingerprint density at radius 3 is 1.44 bits per heavy atom. The van der Waals surface area contributed by atoms with Crippen molar-refractivity contribution < 1.29 is 0 Å². The van der Waals surface area contributed by atoms with Gasteiger partial charge in [-0.2, -0.15) is 0 Å². The highest BCUT2D eigenvalue weighted by molar-refractivity contribution is 6.10. The van der Waals surface area contributed by atoms with Gasteiger partial charge >= 0.3 is 0 Å². The van der Waals surface area contributed by atoms with Crippen LogP contribution in [0.1, 0.15) is 11.1 Å². The maximum Gasteiger partial charge on any atom is 0.164 e. The van der Waals surface area contributed by atoms with Crippen molar-refractivity contribution in [3.05, 3.63) is 199 Å². The molecule has 0 amide bonds. The molecule has 0 saturated carbocycles. The van der Waals surface area contributed by atoms with Gasteiger partial charge in [-0.15, -0.1) is 0 Å². The van der Waals surface area contributed by atoms with Crippen molar-refractivity contribution in [2.45, 2.75) is 6.42 Å². The molecular formula is C54H33N3. The molecule has 12 rings (SSSR count). The van der Waals surface area contributed by atoms with E-state index in [1.54, 1.807) is 0 Å². The molecule has 0 N–H and O–H groups in total. The molecule has 3 heteroatoms. The summed E-state index contributed by atoms with van der Waals surface area (Å²) in [6.07, 6.45) is 0.885. The summed E-state index contributed by atoms with van der Waals surface area (Å²) in [4.78, 5) is 16.0. The lowest BCUT2D eigenvalue weighted by molar-refractivity contribution is 1.08. The molecule has 10 aromatic carbocycles. The Labute approximate surface area is 329 Å². The molecule has 11 aromatic rings. The Bertz CT molecular complexity index is 3320. The Morgan fingerprint density at radius 1 is 0.298 bits per heavy atom. The van der Waals surface area contributed by atoms with Crippen molar-refractivity contribution in [2.75, 3.05) is 0 Å². The van der Waals surface area contributed by atoms with E-state index in [9.17, 15) is 0 Å². The van der Waals surface area contributed by atoms with Gasteiger partial charge in [0.1, 0.15) is 0 Å². The molecule has 0 radical (unpaired) electrons. The van der Waals surface area contributed by atoms with Crippen LogP contribution in [0.3, 0.4) is 0 Å². The molecule has 1 aliphatic rings. The summed E-state index contributed by atoms with van der Waals surface area (Å²) in [5.41, 5.74) is 10.6. The molecule has 0 aliphatic heterocycles. The molecule has 0 fully saturated rings. The van der Waals surface area contributed by atoms with Gasteiger partial charge in [-0.05, 0) is 106 Å². The molecule has 0 saturated heterocycles. The molecule has 57 heavy (non-hydrogen) atoms. The zero-order valence-corrected chi connectivity index (χ0v) is 30.9. The van der Waals surface area contributed by atoms with Gasteiger partial charge in [-0.3, -0.25) is 0 Å². The number of aromatic nitrogens is 3. The fourth-order valence-corrected chi connectivity index (χ4v) is 9.20. The first kappa shape index (κ1) is 31.8. The van der Waals surface area contributed by atoms with Crippen molar-refractivity contribution in [3.8, 4) is 56.4 Å². The van der Waals surface area contributed by atoms with Crippen molar-refractivity contribution in [2.24, 2.45) is 0 Å². The lowest BCUT2D eigenvalue weighted by atomic mass is 9.88. The third-order valence-electron chi connectivity index (χ3n) is 11.9. The Balaban J connectivity index is 1.11. The second-order valence-corrected chi connectivity index (χ2v) is 15.1. The molecule has 3 nitrogen and oxygen atoms in total. The summed E-state index contributed by atoms with van der Waals surface area (Å²) in [7, 11) is 0. The van der Waals surface area contributed by atoms with E-state index in [2.05, 4.69) is 188 Å². The fourth-order valence-electron chi connectivity index (χ4n) is 9.20. The minimum Gasteiger partial charge on any atom is -0.208 e. The van der Waals surface area contributed by atoms with E-state index in [1.807, 2.05) is 0 Å². The van der Waals surface area contributed by atoms with Gasteiger partial charge in [0.05, 0.1) is 0 Å². The first-order chi connectivity index (χ1) is 28.2. The summed E-state index contributed by atoms with van der Waals surface area (Å²) in [6.45, 7) is 0. The average Bonchev–Trinajstić information content (AvgIpc) is 3.67. The quantitative estimate of drug-likeness (QED) is 0.170. The molecule has 0 spiro atoms. The number of fused-ring (bicyclic) bond motifs is 10. The normalized spacial score (nSPS) is 12.1. The van der Waals surface area contributed by atoms with Crippen LogP contribution in [0.25, 0.3) is 110 Å². The first-order valence-corrected chi connectivity index (χ1v) is 19.6. The fraction of sp³-hybridized carbons (Fsp3) is 0.0185. The number of hydrogen-bond acceptors (Lipinski definition) is 3. The highest BCUT2D eigenvalue weighted by atomic mass is 15.0. The van der Waals surface area contributed by atoms with Crippen LogP contribution in [0, 0.1) is 0 Å². The van der Waals surface area contributed by atoms with E-state index < -0.39 is 0 Å². The van der Waals surface area contributed by atoms with Crippen LogP contribution >= 0.6 is 0 Å². The standard InChI is InChI=1S/C54H33N3/c1-5-14-41-33(10-1)20-22-37-30-39(25-27-44(37)41)52-55-53(40-26-28-45-38(31-40)23-21-34-11-2-6-15-42(34)45)57-54(56-52)49-29-24-35-12-3-8-17-46(35)51(49)48-19-9-18-47-43-16-7-4-13-36(43)32-50(47)48/h1-31H,32H2. The highest BCUT2D eigenvalue weighted by Gasteiger charge is 2.25. The van der Waals surface area contributed by atoms with Gasteiger partial charge < -0.3 is 0 Å². The maximum atomic E-state index is 5.38.